The Morgan fingerprint density at radius 1 is 1.12 bits per heavy atom. The van der Waals surface area contributed by atoms with Crippen molar-refractivity contribution in [1.29, 1.82) is 0 Å². The van der Waals surface area contributed by atoms with Gasteiger partial charge in [-0.3, -0.25) is 4.99 Å². The fraction of sp³-hybridized carbons (Fsp3) is 0.316. The Bertz CT molecular complexity index is 839. The van der Waals surface area contributed by atoms with Crippen molar-refractivity contribution >= 4 is 23.3 Å². The van der Waals surface area contributed by atoms with Crippen LogP contribution < -0.4 is 5.32 Å². The summed E-state index contributed by atoms with van der Waals surface area (Å²) < 4.78 is 0. The van der Waals surface area contributed by atoms with Crippen molar-refractivity contribution in [3.63, 3.8) is 0 Å². The van der Waals surface area contributed by atoms with Crippen molar-refractivity contribution in [2.24, 2.45) is 4.99 Å². The number of amidine groups is 1. The molecule has 5 heteroatoms. The van der Waals surface area contributed by atoms with Gasteiger partial charge in [-0.2, -0.15) is 0 Å². The number of hydrogen-bond donors (Lipinski definition) is 1. The summed E-state index contributed by atoms with van der Waals surface area (Å²) in [6, 6.07) is 7.88. The molecule has 1 aromatic carbocycles. The second kappa shape index (κ2) is 6.73. The minimum atomic E-state index is 0.263. The van der Waals surface area contributed by atoms with E-state index in [0.29, 0.717) is 10.8 Å². The average Bonchev–Trinajstić information content (AvgIpc) is 2.91. The van der Waals surface area contributed by atoms with E-state index in [1.54, 1.807) is 0 Å². The van der Waals surface area contributed by atoms with E-state index in [1.807, 2.05) is 38.1 Å². The van der Waals surface area contributed by atoms with E-state index >= 15 is 0 Å². The minimum Gasteiger partial charge on any atom is -0.325 e. The highest BCUT2D eigenvalue weighted by atomic mass is 35.5. The van der Waals surface area contributed by atoms with Crippen LogP contribution in [0.3, 0.4) is 0 Å². The molecule has 24 heavy (non-hydrogen) atoms. The maximum atomic E-state index is 6.30. The summed E-state index contributed by atoms with van der Waals surface area (Å²) >= 11 is 6.30. The molecule has 0 aliphatic carbocycles. The molecule has 2 aromatic rings. The van der Waals surface area contributed by atoms with E-state index in [9.17, 15) is 0 Å². The number of aliphatic imine (C=N–C) groups is 1. The predicted octanol–water partition coefficient (Wildman–Crippen LogP) is 4.96. The molecule has 124 valence electrons. The Morgan fingerprint density at radius 2 is 1.88 bits per heavy atom. The molecule has 0 amide bonds. The molecule has 1 atom stereocenters. The summed E-state index contributed by atoms with van der Waals surface area (Å²) in [5.74, 6) is 2.25. The Labute approximate surface area is 147 Å². The first-order valence-electron chi connectivity index (χ1n) is 8.12. The van der Waals surface area contributed by atoms with Crippen molar-refractivity contribution < 1.29 is 0 Å². The smallest absolute Gasteiger partial charge is 0.163 e. The third-order valence-corrected chi connectivity index (χ3v) is 4.65. The van der Waals surface area contributed by atoms with Crippen molar-refractivity contribution in [2.45, 2.75) is 40.2 Å². The van der Waals surface area contributed by atoms with Crippen LogP contribution in [0.15, 0.2) is 40.9 Å². The van der Waals surface area contributed by atoms with E-state index < -0.39 is 0 Å². The van der Waals surface area contributed by atoms with Crippen LogP contribution in [0.1, 0.15) is 31.5 Å². The van der Waals surface area contributed by atoms with E-state index in [1.165, 1.54) is 5.57 Å². The number of aryl methyl sites for hydroxylation is 1. The summed E-state index contributed by atoms with van der Waals surface area (Å²) in [5, 5.41) is 4.00. The van der Waals surface area contributed by atoms with Gasteiger partial charge in [-0.05, 0) is 51.0 Å². The van der Waals surface area contributed by atoms with Crippen LogP contribution in [0.2, 0.25) is 5.02 Å². The normalized spacial score (nSPS) is 16.8. The summed E-state index contributed by atoms with van der Waals surface area (Å²) in [4.78, 5) is 14.0. The molecule has 1 aromatic heterocycles. The first kappa shape index (κ1) is 16.7. The third-order valence-electron chi connectivity index (χ3n) is 4.32. The van der Waals surface area contributed by atoms with Crippen LogP contribution in [0.25, 0.3) is 11.4 Å². The Hall–Kier alpha value is -2.20. The van der Waals surface area contributed by atoms with Gasteiger partial charge in [-0.25, -0.2) is 9.97 Å². The number of hydrogen-bond acceptors (Lipinski definition) is 4. The average molecular weight is 341 g/mol. The lowest BCUT2D eigenvalue weighted by Gasteiger charge is -2.12. The zero-order valence-electron chi connectivity index (χ0n) is 14.4. The number of anilines is 1. The topological polar surface area (TPSA) is 50.2 Å². The Morgan fingerprint density at radius 3 is 2.54 bits per heavy atom. The van der Waals surface area contributed by atoms with Crippen molar-refractivity contribution in [2.75, 3.05) is 5.32 Å². The number of rotatable bonds is 3. The highest BCUT2D eigenvalue weighted by molar-refractivity contribution is 6.33. The van der Waals surface area contributed by atoms with Crippen LogP contribution in [0, 0.1) is 13.8 Å². The van der Waals surface area contributed by atoms with Gasteiger partial charge in [0.15, 0.2) is 5.82 Å². The van der Waals surface area contributed by atoms with Gasteiger partial charge in [0.1, 0.15) is 11.7 Å². The van der Waals surface area contributed by atoms with Crippen LogP contribution >= 0.6 is 11.6 Å². The van der Waals surface area contributed by atoms with Crippen molar-refractivity contribution in [3.05, 3.63) is 52.2 Å². The largest absolute Gasteiger partial charge is 0.325 e. The SMILES string of the molecule is CCC1N=C(Nc2nc(-c3ccccc3Cl)nc(C)c2C)C=C1C. The molecular formula is C19H21ClN4. The molecule has 0 saturated heterocycles. The van der Waals surface area contributed by atoms with Gasteiger partial charge in [0.2, 0.25) is 0 Å². The first-order chi connectivity index (χ1) is 11.5. The first-order valence-corrected chi connectivity index (χ1v) is 8.50. The molecule has 0 bridgehead atoms. The Kier molecular flexibility index (Phi) is 4.67. The number of benzene rings is 1. The van der Waals surface area contributed by atoms with Crippen LogP contribution in [0.5, 0.6) is 0 Å². The molecule has 0 radical (unpaired) electrons. The number of halogens is 1. The molecule has 0 fully saturated rings. The van der Waals surface area contributed by atoms with Gasteiger partial charge < -0.3 is 5.32 Å². The summed E-state index contributed by atoms with van der Waals surface area (Å²) in [5.41, 5.74) is 4.04. The van der Waals surface area contributed by atoms with E-state index in [0.717, 1.165) is 34.9 Å². The zero-order valence-corrected chi connectivity index (χ0v) is 15.1. The number of aromatic nitrogens is 2. The molecule has 1 N–H and O–H groups in total. The molecule has 4 nitrogen and oxygen atoms in total. The lowest BCUT2D eigenvalue weighted by Crippen LogP contribution is -2.12. The van der Waals surface area contributed by atoms with Crippen LogP contribution in [-0.4, -0.2) is 21.8 Å². The number of nitrogens with one attached hydrogen (secondary N) is 1. The lowest BCUT2D eigenvalue weighted by atomic mass is 10.1. The molecule has 2 heterocycles. The highest BCUT2D eigenvalue weighted by Crippen LogP contribution is 2.28. The fourth-order valence-electron chi connectivity index (χ4n) is 2.74. The lowest BCUT2D eigenvalue weighted by molar-refractivity contribution is 0.756. The van der Waals surface area contributed by atoms with Crippen LogP contribution in [-0.2, 0) is 0 Å². The summed E-state index contributed by atoms with van der Waals surface area (Å²) in [6.45, 7) is 8.25. The summed E-state index contributed by atoms with van der Waals surface area (Å²) in [7, 11) is 0. The maximum absolute atomic E-state index is 6.30. The third kappa shape index (κ3) is 3.20. The van der Waals surface area contributed by atoms with Crippen LogP contribution in [0.4, 0.5) is 5.82 Å². The van der Waals surface area contributed by atoms with Gasteiger partial charge >= 0.3 is 0 Å². The minimum absolute atomic E-state index is 0.263. The van der Waals surface area contributed by atoms with Crippen molar-refractivity contribution in [1.82, 2.24) is 9.97 Å². The Balaban J connectivity index is 1.99. The zero-order chi connectivity index (χ0) is 17.3. The van der Waals surface area contributed by atoms with Gasteiger partial charge in [0, 0.05) is 16.8 Å². The van der Waals surface area contributed by atoms with Gasteiger partial charge in [0.05, 0.1) is 11.1 Å². The predicted molar refractivity (Wildman–Crippen MR) is 101 cm³/mol. The molecule has 0 spiro atoms. The molecule has 1 aliphatic rings. The van der Waals surface area contributed by atoms with Gasteiger partial charge in [-0.1, -0.05) is 30.7 Å². The van der Waals surface area contributed by atoms with Gasteiger partial charge in [0.25, 0.3) is 0 Å². The van der Waals surface area contributed by atoms with E-state index in [2.05, 4.69) is 35.2 Å². The summed E-state index contributed by atoms with van der Waals surface area (Å²) in [6.07, 6.45) is 3.08. The maximum Gasteiger partial charge on any atom is 0.163 e. The standard InChI is InChI=1S/C19H21ClN4/c1-5-16-11(2)10-17(22-16)23-18-12(3)13(4)21-19(24-18)14-8-6-7-9-15(14)20/h6-10,16H,5H2,1-4H3,(H,21,22,23,24). The molecule has 1 aliphatic heterocycles. The molecule has 1 unspecified atom stereocenters. The molecular weight excluding hydrogens is 320 g/mol. The molecule has 0 saturated carbocycles. The van der Waals surface area contributed by atoms with E-state index in [4.69, 9.17) is 16.6 Å². The second-order valence-electron chi connectivity index (χ2n) is 6.04. The second-order valence-corrected chi connectivity index (χ2v) is 6.45. The fourth-order valence-corrected chi connectivity index (χ4v) is 2.96. The van der Waals surface area contributed by atoms with Gasteiger partial charge in [-0.15, -0.1) is 0 Å². The number of nitrogens with zero attached hydrogens (tertiary/aromatic N) is 3. The quantitative estimate of drug-likeness (QED) is 0.858. The van der Waals surface area contributed by atoms with Crippen molar-refractivity contribution in [3.8, 4) is 11.4 Å². The highest BCUT2D eigenvalue weighted by Gasteiger charge is 2.18. The monoisotopic (exact) mass is 340 g/mol. The molecule has 3 rings (SSSR count). The van der Waals surface area contributed by atoms with E-state index in [-0.39, 0.29) is 6.04 Å².